The van der Waals surface area contributed by atoms with Crippen molar-refractivity contribution >= 4 is 137 Å². The third kappa shape index (κ3) is 19.8. The maximum absolute atomic E-state index is 13.5. The molecule has 0 atom stereocenters. The number of fused-ring (bicyclic) bond motifs is 7. The van der Waals surface area contributed by atoms with Crippen molar-refractivity contribution in [3.05, 3.63) is 285 Å². The molecule has 19 rings (SSSR count). The Hall–Kier alpha value is -14.9. The number of nitrogens with zero attached hydrogens (tertiary/aromatic N) is 23. The summed E-state index contributed by atoms with van der Waals surface area (Å²) < 4.78 is 94.5. The number of anilines is 12. The summed E-state index contributed by atoms with van der Waals surface area (Å²) in [6.45, 7) is 20.4. The standard InChI is InChI=1S/C14H12F3N5.C14H15N5O.C14H11N5S.C14H14N4.C13H11ClFN5.C13H11F2N5/c1-8-3-5-10(6-4-8)19-11-7-9(2)18-13-20-12(14(15,16)17)21-22(11)13;1-9-4-6-11(7-5-9)16-12-8-10(2)15-13-17-14(20-3)18-19(12)13;1-9-6-13(19-14(17-9)15-8-16-19)18-11-2-3-12-10(7-11)4-5-20-12;1-10-3-5-12(6-4-10)17-13-9-11(2)16-14-15-7-8-18(13)14;1-7-5-12(20-13(16-7)17-8(2)19-20)18-9-3-4-10(14)11(15)6-9;1-7-3-12(20-13(18-7)16-6-17-20)19-9-4-10(14)8(2)11(15)5-9/h3-7,19H,1-2H3;4-8,16H,1-3H3;2-8,18H,1H3;3-9,17H,1-2H3;3-6,18H,1-2H3;3-6,19H,1-2H3. The molecule has 0 spiro atoms. The topological polar surface area (TPSA) is 327 Å². The summed E-state index contributed by atoms with van der Waals surface area (Å²) in [7, 11) is 1.54. The highest BCUT2D eigenvalue weighted by Gasteiger charge is 2.37. The summed E-state index contributed by atoms with van der Waals surface area (Å²) in [5.74, 6) is 4.57. The molecule has 19 aromatic rings. The van der Waals surface area contributed by atoms with E-state index in [1.165, 1.54) is 76.7 Å². The number of thiophene rings is 1. The Balaban J connectivity index is 0.000000118. The molecule has 6 aromatic carbocycles. The summed E-state index contributed by atoms with van der Waals surface area (Å²) in [6.07, 6.45) is 1.92. The lowest BCUT2D eigenvalue weighted by Crippen LogP contribution is -2.08. The van der Waals surface area contributed by atoms with Gasteiger partial charge in [0.05, 0.1) is 12.1 Å². The second kappa shape index (κ2) is 35.3. The van der Waals surface area contributed by atoms with Gasteiger partial charge in [-0.25, -0.2) is 48.1 Å². The van der Waals surface area contributed by atoms with Gasteiger partial charge in [0.25, 0.3) is 34.7 Å². The van der Waals surface area contributed by atoms with Crippen molar-refractivity contribution < 1.29 is 31.1 Å². The fourth-order valence-corrected chi connectivity index (χ4v) is 12.7. The van der Waals surface area contributed by atoms with Crippen LogP contribution in [-0.4, -0.2) is 119 Å². The van der Waals surface area contributed by atoms with Crippen molar-refractivity contribution in [3.8, 4) is 6.01 Å². The zero-order valence-corrected chi connectivity index (χ0v) is 67.8. The molecule has 13 heterocycles. The number of aryl methyl sites for hydroxylation is 10. The number of nitrogens with one attached hydrogen (secondary N) is 6. The van der Waals surface area contributed by atoms with E-state index >= 15 is 0 Å². The third-order valence-electron chi connectivity index (χ3n) is 17.5. The number of methoxy groups -OCH3 is 1. The van der Waals surface area contributed by atoms with Gasteiger partial charge in [-0.3, -0.25) is 4.40 Å². The lowest BCUT2D eigenvalue weighted by molar-refractivity contribution is -0.144. The second-order valence-electron chi connectivity index (χ2n) is 27.3. The Morgan fingerprint density at radius 1 is 0.375 bits per heavy atom. The number of aromatic nitrogens is 23. The van der Waals surface area contributed by atoms with Gasteiger partial charge in [0, 0.05) is 127 Å². The number of hydrogen-bond acceptors (Lipinski definition) is 25. The van der Waals surface area contributed by atoms with Crippen molar-refractivity contribution in [1.82, 2.24) is 112 Å². The summed E-state index contributed by atoms with van der Waals surface area (Å²) >= 11 is 7.41. The first kappa shape index (κ1) is 81.7. The molecular formula is C82H74ClF6N29OS. The molecule has 0 amide bonds. The minimum Gasteiger partial charge on any atom is -0.466 e. The average Bonchev–Trinajstić information content (AvgIpc) is 1.64. The minimum absolute atomic E-state index is 0.00707. The fourth-order valence-electron chi connectivity index (χ4n) is 11.8. The van der Waals surface area contributed by atoms with Gasteiger partial charge in [0.15, 0.2) is 0 Å². The monoisotopic (exact) mass is 1660 g/mol. The van der Waals surface area contributed by atoms with Crippen LogP contribution in [0.1, 0.15) is 68.1 Å². The molecule has 0 bridgehead atoms. The Morgan fingerprint density at radius 2 is 0.775 bits per heavy atom. The predicted octanol–water partition coefficient (Wildman–Crippen LogP) is 18.5. The Kier molecular flexibility index (Phi) is 24.0. The van der Waals surface area contributed by atoms with E-state index in [0.717, 1.165) is 78.8 Å². The van der Waals surface area contributed by atoms with Gasteiger partial charge in [-0.1, -0.05) is 64.7 Å². The van der Waals surface area contributed by atoms with Crippen molar-refractivity contribution in [2.75, 3.05) is 39.0 Å². The van der Waals surface area contributed by atoms with Gasteiger partial charge < -0.3 is 36.6 Å². The van der Waals surface area contributed by atoms with Crippen LogP contribution in [0.25, 0.3) is 44.8 Å². The van der Waals surface area contributed by atoms with E-state index in [2.05, 4.69) is 197 Å². The van der Waals surface area contributed by atoms with Crippen LogP contribution >= 0.6 is 22.9 Å². The first-order valence-corrected chi connectivity index (χ1v) is 38.0. The van der Waals surface area contributed by atoms with Crippen LogP contribution in [0.4, 0.5) is 95.4 Å². The quantitative estimate of drug-likeness (QED) is 0.0584. The summed E-state index contributed by atoms with van der Waals surface area (Å²) in [4.78, 5) is 49.6. The largest absolute Gasteiger partial charge is 0.466 e. The molecule has 6 N–H and O–H groups in total. The lowest BCUT2D eigenvalue weighted by Gasteiger charge is -2.10. The molecule has 608 valence electrons. The SMILES string of the molecule is COc1nc2nc(C)cc(Nc3ccc(C)cc3)n2n1.Cc1cc(Nc2cc(F)c(C)c(F)c2)n2ncnc2n1.Cc1cc(Nc2ccc(Cl)c(F)c2)n2nc(C)nc2n1.Cc1cc(Nc2ccc3sccc3c2)n2ncnc2n1.Cc1ccc(Nc2cc(C)nc3nc(C(F)(F)F)nn23)cc1.Cc1ccc(Nc2cc(C)nc3nccn23)cc1. The molecule has 120 heavy (non-hydrogen) atoms. The van der Waals surface area contributed by atoms with E-state index in [1.54, 1.807) is 70.1 Å². The van der Waals surface area contributed by atoms with E-state index in [1.807, 2.05) is 106 Å². The zero-order chi connectivity index (χ0) is 84.6. The van der Waals surface area contributed by atoms with Crippen molar-refractivity contribution in [1.29, 1.82) is 0 Å². The third-order valence-corrected chi connectivity index (χ3v) is 18.8. The van der Waals surface area contributed by atoms with Gasteiger partial charge >= 0.3 is 12.2 Å². The van der Waals surface area contributed by atoms with Crippen molar-refractivity contribution in [2.45, 2.75) is 82.3 Å². The molecule has 0 aliphatic heterocycles. The van der Waals surface area contributed by atoms with Gasteiger partial charge in [0.1, 0.15) is 70.8 Å². The molecule has 0 unspecified atom stereocenters. The minimum atomic E-state index is -4.61. The van der Waals surface area contributed by atoms with Crippen LogP contribution in [0.5, 0.6) is 6.01 Å². The second-order valence-corrected chi connectivity index (χ2v) is 28.6. The molecule has 38 heteroatoms. The smallest absolute Gasteiger partial charge is 0.453 e. The molecule has 13 aromatic heterocycles. The average molecular weight is 1660 g/mol. The Bertz CT molecular complexity index is 6860. The summed E-state index contributed by atoms with van der Waals surface area (Å²) in [5, 5.41) is 42.7. The number of rotatable bonds is 13. The lowest BCUT2D eigenvalue weighted by atomic mass is 10.2. The van der Waals surface area contributed by atoms with Crippen molar-refractivity contribution in [3.63, 3.8) is 0 Å². The van der Waals surface area contributed by atoms with Gasteiger partial charge in [-0.2, -0.15) is 70.9 Å². The van der Waals surface area contributed by atoms with E-state index < -0.39 is 29.5 Å². The number of imidazole rings is 1. The van der Waals surface area contributed by atoms with Crippen LogP contribution < -0.4 is 36.6 Å². The van der Waals surface area contributed by atoms with Crippen molar-refractivity contribution in [2.24, 2.45) is 0 Å². The molecule has 0 aliphatic carbocycles. The predicted molar refractivity (Wildman–Crippen MR) is 449 cm³/mol. The number of halogens is 7. The highest BCUT2D eigenvalue weighted by molar-refractivity contribution is 7.17. The Morgan fingerprint density at radius 3 is 1.27 bits per heavy atom. The van der Waals surface area contributed by atoms with Crippen LogP contribution in [0.3, 0.4) is 0 Å². The first-order chi connectivity index (χ1) is 57.6. The van der Waals surface area contributed by atoms with E-state index in [4.69, 9.17) is 16.3 Å². The fraction of sp³-hybridized carbons (Fsp3) is 0.159. The summed E-state index contributed by atoms with van der Waals surface area (Å²) in [5.41, 5.74) is 13.0. The van der Waals surface area contributed by atoms with Crippen LogP contribution in [0.2, 0.25) is 5.02 Å². The molecule has 30 nitrogen and oxygen atoms in total. The van der Waals surface area contributed by atoms with E-state index in [-0.39, 0.29) is 16.4 Å². The van der Waals surface area contributed by atoms with Crippen LogP contribution in [0.15, 0.2) is 194 Å². The molecule has 0 saturated heterocycles. The van der Waals surface area contributed by atoms with Gasteiger partial charge in [0.2, 0.25) is 5.78 Å². The molecule has 0 fully saturated rings. The molecular weight excluding hydrogens is 1590 g/mol. The van der Waals surface area contributed by atoms with Crippen LogP contribution in [0, 0.1) is 93.6 Å². The normalized spacial score (nSPS) is 11.1. The highest BCUT2D eigenvalue weighted by Crippen LogP contribution is 2.32. The highest BCUT2D eigenvalue weighted by atomic mass is 35.5. The number of ether oxygens (including phenoxy) is 1. The maximum Gasteiger partial charge on any atom is 0.453 e. The summed E-state index contributed by atoms with van der Waals surface area (Å²) in [6, 6.07) is 50.6. The first-order valence-electron chi connectivity index (χ1n) is 36.7. The number of benzene rings is 6. The number of alkyl halides is 3. The molecule has 0 saturated carbocycles. The Labute approximate surface area is 688 Å². The zero-order valence-electron chi connectivity index (χ0n) is 66.2. The van der Waals surface area contributed by atoms with E-state index in [9.17, 15) is 26.3 Å². The molecule has 0 aliphatic rings. The van der Waals surface area contributed by atoms with Gasteiger partial charge in [-0.05, 0) is 178 Å². The number of hydrogen-bond donors (Lipinski definition) is 6. The van der Waals surface area contributed by atoms with Crippen LogP contribution in [-0.2, 0) is 6.18 Å². The van der Waals surface area contributed by atoms with Gasteiger partial charge in [-0.15, -0.1) is 26.6 Å². The maximum atomic E-state index is 13.5. The van der Waals surface area contributed by atoms with E-state index in [0.29, 0.717) is 75.2 Å². The molecule has 0 radical (unpaired) electrons.